The molecule has 1 aromatic heterocycles. The summed E-state index contributed by atoms with van der Waals surface area (Å²) in [6.45, 7) is 7.52. The summed E-state index contributed by atoms with van der Waals surface area (Å²) in [4.78, 5) is 2.33. The molecule has 0 aliphatic carbocycles. The first-order valence-corrected chi connectivity index (χ1v) is 5.66. The lowest BCUT2D eigenvalue weighted by Gasteiger charge is -2.24. The standard InChI is InChI=1S/C12H22N2O/c1-4-6-13-8-11(2)14(3)9-12-5-7-15-10-12/h5,7,10-11,13H,4,6,8-9H2,1-3H3. The monoisotopic (exact) mass is 210 g/mol. The van der Waals surface area contributed by atoms with Crippen molar-refractivity contribution >= 4 is 0 Å². The molecule has 1 rings (SSSR count). The zero-order chi connectivity index (χ0) is 11.1. The van der Waals surface area contributed by atoms with Crippen molar-refractivity contribution < 1.29 is 4.42 Å². The van der Waals surface area contributed by atoms with E-state index in [4.69, 9.17) is 4.42 Å². The minimum atomic E-state index is 0.548. The number of likely N-dealkylation sites (N-methyl/N-ethyl adjacent to an activating group) is 1. The van der Waals surface area contributed by atoms with Gasteiger partial charge in [-0.25, -0.2) is 0 Å². The minimum absolute atomic E-state index is 0.548. The number of rotatable bonds is 7. The molecular formula is C12H22N2O. The van der Waals surface area contributed by atoms with Crippen molar-refractivity contribution in [1.29, 1.82) is 0 Å². The van der Waals surface area contributed by atoms with Crippen LogP contribution in [-0.4, -0.2) is 31.1 Å². The van der Waals surface area contributed by atoms with Gasteiger partial charge in [-0.3, -0.25) is 4.90 Å². The van der Waals surface area contributed by atoms with Crippen LogP contribution in [-0.2, 0) is 6.54 Å². The average molecular weight is 210 g/mol. The first kappa shape index (κ1) is 12.3. The fourth-order valence-corrected chi connectivity index (χ4v) is 1.47. The molecule has 0 bridgehead atoms. The Balaban J connectivity index is 2.23. The van der Waals surface area contributed by atoms with Crippen LogP contribution in [0.3, 0.4) is 0 Å². The quantitative estimate of drug-likeness (QED) is 0.699. The SMILES string of the molecule is CCCNCC(C)N(C)Cc1ccoc1. The van der Waals surface area contributed by atoms with Gasteiger partial charge in [-0.15, -0.1) is 0 Å². The minimum Gasteiger partial charge on any atom is -0.472 e. The smallest absolute Gasteiger partial charge is 0.0947 e. The number of nitrogens with one attached hydrogen (secondary N) is 1. The Kier molecular flexibility index (Phi) is 5.43. The third kappa shape index (κ3) is 4.49. The topological polar surface area (TPSA) is 28.4 Å². The van der Waals surface area contributed by atoms with E-state index in [0.29, 0.717) is 6.04 Å². The Bertz CT molecular complexity index is 246. The molecule has 0 amide bonds. The average Bonchev–Trinajstić information content (AvgIpc) is 2.70. The van der Waals surface area contributed by atoms with Crippen molar-refractivity contribution in [1.82, 2.24) is 10.2 Å². The van der Waals surface area contributed by atoms with E-state index < -0.39 is 0 Å². The van der Waals surface area contributed by atoms with Crippen LogP contribution in [0, 0.1) is 0 Å². The molecule has 0 fully saturated rings. The van der Waals surface area contributed by atoms with Crippen LogP contribution in [0.4, 0.5) is 0 Å². The van der Waals surface area contributed by atoms with E-state index in [0.717, 1.165) is 19.6 Å². The normalized spacial score (nSPS) is 13.3. The summed E-state index contributed by atoms with van der Waals surface area (Å²) in [5.41, 5.74) is 1.24. The second kappa shape index (κ2) is 6.64. The zero-order valence-electron chi connectivity index (χ0n) is 9.99. The van der Waals surface area contributed by atoms with Gasteiger partial charge in [-0.1, -0.05) is 6.92 Å². The van der Waals surface area contributed by atoms with Crippen molar-refractivity contribution in [3.63, 3.8) is 0 Å². The van der Waals surface area contributed by atoms with Crippen molar-refractivity contribution in [2.45, 2.75) is 32.9 Å². The van der Waals surface area contributed by atoms with Gasteiger partial charge in [0.15, 0.2) is 0 Å². The highest BCUT2D eigenvalue weighted by Gasteiger charge is 2.09. The molecule has 0 aliphatic rings. The summed E-state index contributed by atoms with van der Waals surface area (Å²) < 4.78 is 5.05. The fraction of sp³-hybridized carbons (Fsp3) is 0.667. The van der Waals surface area contributed by atoms with E-state index in [2.05, 4.69) is 31.1 Å². The molecule has 15 heavy (non-hydrogen) atoms. The highest BCUT2D eigenvalue weighted by molar-refractivity contribution is 5.04. The molecule has 3 nitrogen and oxygen atoms in total. The van der Waals surface area contributed by atoms with Crippen molar-refractivity contribution in [2.24, 2.45) is 0 Å². The Morgan fingerprint density at radius 1 is 1.53 bits per heavy atom. The molecule has 0 saturated carbocycles. The third-order valence-corrected chi connectivity index (χ3v) is 2.63. The molecule has 86 valence electrons. The van der Waals surface area contributed by atoms with Crippen LogP contribution in [0.1, 0.15) is 25.8 Å². The summed E-state index contributed by atoms with van der Waals surface area (Å²) in [5.74, 6) is 0. The molecule has 1 unspecified atom stereocenters. The van der Waals surface area contributed by atoms with E-state index in [1.54, 1.807) is 6.26 Å². The van der Waals surface area contributed by atoms with Gasteiger partial charge >= 0.3 is 0 Å². The van der Waals surface area contributed by atoms with Gasteiger partial charge in [0.25, 0.3) is 0 Å². The number of hydrogen-bond donors (Lipinski definition) is 1. The molecule has 0 radical (unpaired) electrons. The molecule has 1 aromatic rings. The lowest BCUT2D eigenvalue weighted by Crippen LogP contribution is -2.37. The molecule has 0 spiro atoms. The Morgan fingerprint density at radius 2 is 2.33 bits per heavy atom. The molecule has 1 atom stereocenters. The fourth-order valence-electron chi connectivity index (χ4n) is 1.47. The van der Waals surface area contributed by atoms with Gasteiger partial charge in [0.1, 0.15) is 0 Å². The zero-order valence-corrected chi connectivity index (χ0v) is 9.99. The van der Waals surface area contributed by atoms with Gasteiger partial charge < -0.3 is 9.73 Å². The first-order chi connectivity index (χ1) is 7.24. The van der Waals surface area contributed by atoms with Gasteiger partial charge in [0, 0.05) is 24.7 Å². The third-order valence-electron chi connectivity index (χ3n) is 2.63. The van der Waals surface area contributed by atoms with E-state index in [1.165, 1.54) is 12.0 Å². The summed E-state index contributed by atoms with van der Waals surface area (Å²) >= 11 is 0. The predicted octanol–water partition coefficient (Wildman–Crippen LogP) is 2.10. The summed E-state index contributed by atoms with van der Waals surface area (Å²) in [5, 5.41) is 3.43. The number of hydrogen-bond acceptors (Lipinski definition) is 3. The second-order valence-electron chi connectivity index (χ2n) is 4.10. The number of nitrogens with zero attached hydrogens (tertiary/aromatic N) is 1. The summed E-state index contributed by atoms with van der Waals surface area (Å²) in [6, 6.07) is 2.56. The predicted molar refractivity (Wildman–Crippen MR) is 62.8 cm³/mol. The second-order valence-corrected chi connectivity index (χ2v) is 4.10. The maximum atomic E-state index is 5.05. The van der Waals surface area contributed by atoms with Gasteiger partial charge in [0.2, 0.25) is 0 Å². The Hall–Kier alpha value is -0.800. The molecule has 0 aromatic carbocycles. The first-order valence-electron chi connectivity index (χ1n) is 5.66. The molecule has 1 N–H and O–H groups in total. The lowest BCUT2D eigenvalue weighted by molar-refractivity contribution is 0.242. The summed E-state index contributed by atoms with van der Waals surface area (Å²) in [6.07, 6.45) is 4.73. The Morgan fingerprint density at radius 3 is 2.93 bits per heavy atom. The molecule has 0 saturated heterocycles. The van der Waals surface area contributed by atoms with Crippen molar-refractivity contribution in [2.75, 3.05) is 20.1 Å². The Labute approximate surface area is 92.5 Å². The van der Waals surface area contributed by atoms with Crippen LogP contribution < -0.4 is 5.32 Å². The highest BCUT2D eigenvalue weighted by Crippen LogP contribution is 2.06. The van der Waals surface area contributed by atoms with Gasteiger partial charge in [-0.05, 0) is 33.0 Å². The van der Waals surface area contributed by atoms with Crippen LogP contribution in [0.5, 0.6) is 0 Å². The van der Waals surface area contributed by atoms with Gasteiger partial charge in [-0.2, -0.15) is 0 Å². The number of furan rings is 1. The van der Waals surface area contributed by atoms with Crippen molar-refractivity contribution in [3.8, 4) is 0 Å². The molecule has 0 aliphatic heterocycles. The van der Waals surface area contributed by atoms with Crippen LogP contribution in [0.25, 0.3) is 0 Å². The molecule has 3 heteroatoms. The van der Waals surface area contributed by atoms with Crippen LogP contribution in [0.15, 0.2) is 23.0 Å². The largest absolute Gasteiger partial charge is 0.472 e. The van der Waals surface area contributed by atoms with E-state index >= 15 is 0 Å². The lowest BCUT2D eigenvalue weighted by atomic mass is 10.2. The highest BCUT2D eigenvalue weighted by atomic mass is 16.3. The maximum Gasteiger partial charge on any atom is 0.0947 e. The summed E-state index contributed by atoms with van der Waals surface area (Å²) in [7, 11) is 2.14. The maximum absolute atomic E-state index is 5.05. The molecular weight excluding hydrogens is 188 g/mol. The van der Waals surface area contributed by atoms with E-state index in [1.807, 2.05) is 12.3 Å². The molecule has 1 heterocycles. The van der Waals surface area contributed by atoms with E-state index in [-0.39, 0.29) is 0 Å². The van der Waals surface area contributed by atoms with Crippen LogP contribution in [0.2, 0.25) is 0 Å². The van der Waals surface area contributed by atoms with Crippen LogP contribution >= 0.6 is 0 Å². The van der Waals surface area contributed by atoms with Crippen molar-refractivity contribution in [3.05, 3.63) is 24.2 Å². The van der Waals surface area contributed by atoms with E-state index in [9.17, 15) is 0 Å². The van der Waals surface area contributed by atoms with Gasteiger partial charge in [0.05, 0.1) is 12.5 Å².